The number of hydrogen-bond acceptors (Lipinski definition) is 3. The summed E-state index contributed by atoms with van der Waals surface area (Å²) in [6.45, 7) is -1.99. The minimum Gasteiger partial charge on any atom is -0.497 e. The van der Waals surface area contributed by atoms with Crippen molar-refractivity contribution in [3.05, 3.63) is 59.7 Å². The molecule has 0 fully saturated rings. The molecule has 0 unspecified atom stereocenters. The van der Waals surface area contributed by atoms with E-state index >= 15 is 0 Å². The van der Waals surface area contributed by atoms with Crippen LogP contribution in [0.25, 0.3) is 0 Å². The summed E-state index contributed by atoms with van der Waals surface area (Å²) in [7, 11) is 1.60. The summed E-state index contributed by atoms with van der Waals surface area (Å²) in [6.07, 6.45) is 0.588. The average Bonchev–Trinajstić information content (AvgIpc) is 2.61. The number of hydrogen-bond donors (Lipinski definition) is 2. The molecule has 2 aromatic rings. The largest absolute Gasteiger partial charge is 0.497 e. The van der Waals surface area contributed by atoms with Crippen molar-refractivity contribution < 1.29 is 23.0 Å². The van der Waals surface area contributed by atoms with E-state index in [9.17, 15) is 13.6 Å². The molecule has 134 valence electrons. The van der Waals surface area contributed by atoms with Gasteiger partial charge in [-0.3, -0.25) is 0 Å². The molecule has 0 radical (unpaired) electrons. The van der Waals surface area contributed by atoms with Gasteiger partial charge >= 0.3 is 12.6 Å². The van der Waals surface area contributed by atoms with Gasteiger partial charge in [0, 0.05) is 13.1 Å². The molecule has 25 heavy (non-hydrogen) atoms. The summed E-state index contributed by atoms with van der Waals surface area (Å²) in [5, 5.41) is 5.50. The Labute approximate surface area is 144 Å². The fraction of sp³-hybridized carbons (Fsp3) is 0.278. The van der Waals surface area contributed by atoms with E-state index in [0.29, 0.717) is 19.5 Å². The van der Waals surface area contributed by atoms with E-state index in [4.69, 9.17) is 4.74 Å². The Morgan fingerprint density at radius 1 is 0.960 bits per heavy atom. The molecule has 0 bridgehead atoms. The summed E-state index contributed by atoms with van der Waals surface area (Å²) in [4.78, 5) is 11.8. The Kier molecular flexibility index (Phi) is 7.00. The number of alkyl halides is 2. The molecule has 0 aliphatic rings. The van der Waals surface area contributed by atoms with Gasteiger partial charge < -0.3 is 20.1 Å². The van der Waals surface area contributed by atoms with Gasteiger partial charge in [-0.05, 0) is 41.8 Å². The number of ether oxygens (including phenoxy) is 2. The predicted octanol–water partition coefficient (Wildman–Crippen LogP) is 3.34. The van der Waals surface area contributed by atoms with Crippen LogP contribution in [0.5, 0.6) is 11.5 Å². The van der Waals surface area contributed by atoms with Crippen LogP contribution in [-0.2, 0) is 13.0 Å². The highest BCUT2D eigenvalue weighted by Gasteiger charge is 2.04. The van der Waals surface area contributed by atoms with Gasteiger partial charge in [-0.15, -0.1) is 0 Å². The van der Waals surface area contributed by atoms with Gasteiger partial charge in [-0.25, -0.2) is 4.79 Å². The second kappa shape index (κ2) is 9.46. The first-order valence-corrected chi connectivity index (χ1v) is 7.75. The van der Waals surface area contributed by atoms with Gasteiger partial charge in [-0.2, -0.15) is 8.78 Å². The van der Waals surface area contributed by atoms with Crippen LogP contribution in [0.15, 0.2) is 48.5 Å². The molecule has 0 saturated carbocycles. The summed E-state index contributed by atoms with van der Waals surface area (Å²) in [6, 6.07) is 13.5. The zero-order valence-corrected chi connectivity index (χ0v) is 13.8. The van der Waals surface area contributed by atoms with E-state index in [1.54, 1.807) is 19.2 Å². The van der Waals surface area contributed by atoms with Crippen molar-refractivity contribution in [3.63, 3.8) is 0 Å². The van der Waals surface area contributed by atoms with Crippen molar-refractivity contribution in [2.75, 3.05) is 13.7 Å². The molecule has 2 aromatic carbocycles. The third-order valence-corrected chi connectivity index (χ3v) is 3.46. The maximum atomic E-state index is 12.1. The Morgan fingerprint density at radius 3 is 2.16 bits per heavy atom. The third-order valence-electron chi connectivity index (χ3n) is 3.46. The van der Waals surface area contributed by atoms with E-state index in [2.05, 4.69) is 15.4 Å². The number of carbonyl (C=O) groups is 1. The fourth-order valence-electron chi connectivity index (χ4n) is 2.15. The first-order chi connectivity index (χ1) is 12.1. The van der Waals surface area contributed by atoms with Crippen LogP contribution in [0.1, 0.15) is 11.1 Å². The topological polar surface area (TPSA) is 59.6 Å². The number of rotatable bonds is 8. The van der Waals surface area contributed by atoms with Crippen LogP contribution in [0, 0.1) is 0 Å². The standard InChI is InChI=1S/C18H20F2N2O3/c1-24-15-6-4-14(5-7-15)12-22-18(23)21-11-10-13-2-8-16(9-3-13)25-17(19)20/h2-9,17H,10-12H2,1H3,(H2,21,22,23). The second-order valence-corrected chi connectivity index (χ2v) is 5.23. The molecular formula is C18H20F2N2O3. The Balaban J connectivity index is 1.67. The van der Waals surface area contributed by atoms with E-state index in [1.807, 2.05) is 24.3 Å². The first kappa shape index (κ1) is 18.5. The van der Waals surface area contributed by atoms with Gasteiger partial charge in [0.25, 0.3) is 0 Å². The lowest BCUT2D eigenvalue weighted by Crippen LogP contribution is -2.36. The Morgan fingerprint density at radius 2 is 1.56 bits per heavy atom. The molecule has 7 heteroatoms. The zero-order chi connectivity index (χ0) is 18.1. The molecule has 2 rings (SSSR count). The van der Waals surface area contributed by atoms with Crippen LogP contribution in [0.2, 0.25) is 0 Å². The number of halogens is 2. The van der Waals surface area contributed by atoms with Crippen molar-refractivity contribution in [3.8, 4) is 11.5 Å². The number of methoxy groups -OCH3 is 1. The molecule has 0 aromatic heterocycles. The lowest BCUT2D eigenvalue weighted by Gasteiger charge is -2.09. The van der Waals surface area contributed by atoms with E-state index in [1.165, 1.54) is 12.1 Å². The van der Waals surface area contributed by atoms with Crippen LogP contribution >= 0.6 is 0 Å². The number of amides is 2. The minimum atomic E-state index is -2.83. The van der Waals surface area contributed by atoms with E-state index in [0.717, 1.165) is 16.9 Å². The van der Waals surface area contributed by atoms with E-state index in [-0.39, 0.29) is 11.8 Å². The summed E-state index contributed by atoms with van der Waals surface area (Å²) in [5.74, 6) is 0.877. The van der Waals surface area contributed by atoms with Gasteiger partial charge in [0.1, 0.15) is 11.5 Å². The Hall–Kier alpha value is -2.83. The smallest absolute Gasteiger partial charge is 0.387 e. The van der Waals surface area contributed by atoms with Crippen molar-refractivity contribution >= 4 is 6.03 Å². The molecule has 0 spiro atoms. The Bertz CT molecular complexity index is 661. The fourth-order valence-corrected chi connectivity index (χ4v) is 2.15. The third kappa shape index (κ3) is 6.66. The number of nitrogens with one attached hydrogen (secondary N) is 2. The number of carbonyl (C=O) groups excluding carboxylic acids is 1. The predicted molar refractivity (Wildman–Crippen MR) is 90.0 cm³/mol. The van der Waals surface area contributed by atoms with Crippen LogP contribution < -0.4 is 20.1 Å². The molecular weight excluding hydrogens is 330 g/mol. The lowest BCUT2D eigenvalue weighted by molar-refractivity contribution is -0.0498. The lowest BCUT2D eigenvalue weighted by atomic mass is 10.1. The van der Waals surface area contributed by atoms with Crippen LogP contribution in [0.3, 0.4) is 0 Å². The highest BCUT2D eigenvalue weighted by atomic mass is 19.3. The maximum absolute atomic E-state index is 12.1. The van der Waals surface area contributed by atoms with E-state index < -0.39 is 6.61 Å². The van der Waals surface area contributed by atoms with Gasteiger partial charge in [0.05, 0.1) is 7.11 Å². The van der Waals surface area contributed by atoms with Crippen LogP contribution in [-0.4, -0.2) is 26.3 Å². The van der Waals surface area contributed by atoms with Gasteiger partial charge in [0.15, 0.2) is 0 Å². The van der Waals surface area contributed by atoms with Crippen molar-refractivity contribution in [2.24, 2.45) is 0 Å². The molecule has 0 aliphatic carbocycles. The molecule has 2 N–H and O–H groups in total. The second-order valence-electron chi connectivity index (χ2n) is 5.23. The molecule has 0 heterocycles. The number of benzene rings is 2. The summed E-state index contributed by atoms with van der Waals surface area (Å²) in [5.41, 5.74) is 1.88. The summed E-state index contributed by atoms with van der Waals surface area (Å²) < 4.78 is 33.5. The highest BCUT2D eigenvalue weighted by Crippen LogP contribution is 2.15. The molecule has 5 nitrogen and oxygen atoms in total. The van der Waals surface area contributed by atoms with Crippen molar-refractivity contribution in [2.45, 2.75) is 19.6 Å². The first-order valence-electron chi connectivity index (χ1n) is 7.75. The maximum Gasteiger partial charge on any atom is 0.387 e. The number of urea groups is 1. The van der Waals surface area contributed by atoms with Crippen LogP contribution in [0.4, 0.5) is 13.6 Å². The highest BCUT2D eigenvalue weighted by molar-refractivity contribution is 5.73. The van der Waals surface area contributed by atoms with Gasteiger partial charge in [-0.1, -0.05) is 24.3 Å². The molecule has 0 atom stereocenters. The summed E-state index contributed by atoms with van der Waals surface area (Å²) >= 11 is 0. The monoisotopic (exact) mass is 350 g/mol. The zero-order valence-electron chi connectivity index (χ0n) is 13.8. The van der Waals surface area contributed by atoms with Crippen molar-refractivity contribution in [1.29, 1.82) is 0 Å². The molecule has 0 aliphatic heterocycles. The molecule has 0 saturated heterocycles. The minimum absolute atomic E-state index is 0.115. The SMILES string of the molecule is COc1ccc(CNC(=O)NCCc2ccc(OC(F)F)cc2)cc1. The average molecular weight is 350 g/mol. The quantitative estimate of drug-likeness (QED) is 0.768. The molecule has 2 amide bonds. The van der Waals surface area contributed by atoms with Crippen molar-refractivity contribution in [1.82, 2.24) is 10.6 Å². The van der Waals surface area contributed by atoms with Gasteiger partial charge in [0.2, 0.25) is 0 Å². The normalized spacial score (nSPS) is 10.4.